The van der Waals surface area contributed by atoms with Crippen molar-refractivity contribution < 1.29 is 1.43 Å². The average molecular weight is 163 g/mol. The summed E-state index contributed by atoms with van der Waals surface area (Å²) < 4.78 is 0.898. The molecule has 0 bridgehead atoms. The predicted molar refractivity (Wildman–Crippen MR) is 53.1 cm³/mol. The first-order valence-corrected chi connectivity index (χ1v) is 5.64. The van der Waals surface area contributed by atoms with Crippen molar-refractivity contribution in [2.24, 2.45) is 0 Å². The van der Waals surface area contributed by atoms with Crippen LogP contribution in [0.15, 0.2) is 30.3 Å². The molecule has 0 unspecified atom stereocenters. The number of hydrogen-bond donors (Lipinski definition) is 0. The molecule has 0 fully saturated rings. The van der Waals surface area contributed by atoms with Crippen molar-refractivity contribution in [2.75, 3.05) is 0 Å². The predicted octanol–water partition coefficient (Wildman–Crippen LogP) is 2.97. The van der Waals surface area contributed by atoms with Crippen LogP contribution in [0, 0.1) is 0 Å². The van der Waals surface area contributed by atoms with Gasteiger partial charge in [0.25, 0.3) is 0 Å². The maximum Gasteiger partial charge on any atom is 0.211 e. The zero-order chi connectivity index (χ0) is 8.10. The van der Waals surface area contributed by atoms with E-state index in [-0.39, 0.29) is 1.43 Å². The van der Waals surface area contributed by atoms with Crippen LogP contribution in [0.2, 0.25) is 4.78 Å². The van der Waals surface area contributed by atoms with Gasteiger partial charge in [-0.15, -0.1) is 0 Å². The Balaban J connectivity index is 0.00000121. The Morgan fingerprint density at radius 2 is 1.91 bits per heavy atom. The summed E-state index contributed by atoms with van der Waals surface area (Å²) in [6.45, 7) is 4.61. The summed E-state index contributed by atoms with van der Waals surface area (Å²) in [4.78, 5) is 0. The summed E-state index contributed by atoms with van der Waals surface area (Å²) in [6, 6.07) is 10.8. The van der Waals surface area contributed by atoms with E-state index < -0.39 is 0 Å². The lowest BCUT2D eigenvalue weighted by Gasteiger charge is -2.01. The zero-order valence-electron chi connectivity index (χ0n) is 7.25. The first-order chi connectivity index (χ1) is 5.29. The molecule has 0 N–H and O–H groups in total. The molecule has 11 heavy (non-hydrogen) atoms. The van der Waals surface area contributed by atoms with Gasteiger partial charge < -0.3 is 0 Å². The van der Waals surface area contributed by atoms with Crippen molar-refractivity contribution in [1.29, 1.82) is 0 Å². The molecule has 0 aliphatic carbocycles. The van der Waals surface area contributed by atoms with Gasteiger partial charge in [-0.3, -0.25) is 0 Å². The summed E-state index contributed by atoms with van der Waals surface area (Å²) >= 11 is 0.607. The van der Waals surface area contributed by atoms with Crippen LogP contribution in [0.5, 0.6) is 0 Å². The summed E-state index contributed by atoms with van der Waals surface area (Å²) in [5, 5.41) is 1.30. The summed E-state index contributed by atoms with van der Waals surface area (Å²) in [5.74, 6) is 0. The third kappa shape index (κ3) is 3.60. The molecule has 0 nitrogen and oxygen atoms in total. The molecular weight excluding hydrogens is 147 g/mol. The van der Waals surface area contributed by atoms with E-state index in [1.807, 2.05) is 0 Å². The molecule has 0 aliphatic rings. The first kappa shape index (κ1) is 8.85. The van der Waals surface area contributed by atoms with Crippen LogP contribution in [0.4, 0.5) is 0 Å². The van der Waals surface area contributed by atoms with E-state index in [0.29, 0.717) is 15.2 Å². The maximum atomic E-state index is 2.30. The van der Waals surface area contributed by atoms with Crippen LogP contribution in [-0.4, -0.2) is 15.2 Å². The highest BCUT2D eigenvalue weighted by atomic mass is 27.1. The van der Waals surface area contributed by atoms with Gasteiger partial charge in [-0.1, -0.05) is 59.8 Å². The van der Waals surface area contributed by atoms with E-state index in [0.717, 1.165) is 4.78 Å². The fraction of sp³-hybridized carbons (Fsp3) is 0.400. The van der Waals surface area contributed by atoms with Gasteiger partial charge in [0.05, 0.1) is 0 Å². The largest absolute Gasteiger partial charge is 0.211 e. The second-order valence-electron chi connectivity index (χ2n) is 3.17. The van der Waals surface area contributed by atoms with E-state index in [9.17, 15) is 0 Å². The van der Waals surface area contributed by atoms with E-state index >= 15 is 0 Å². The monoisotopic (exact) mass is 163 g/mol. The molecule has 0 atom stereocenters. The van der Waals surface area contributed by atoms with Gasteiger partial charge in [0.15, 0.2) is 0 Å². The molecule has 0 saturated heterocycles. The van der Waals surface area contributed by atoms with Crippen molar-refractivity contribution in [3.05, 3.63) is 35.9 Å². The molecular formula is C10H16Al. The Labute approximate surface area is 76.8 Å². The van der Waals surface area contributed by atoms with Gasteiger partial charge in [-0.05, 0) is 0 Å². The van der Waals surface area contributed by atoms with Crippen molar-refractivity contribution in [3.63, 3.8) is 0 Å². The quantitative estimate of drug-likeness (QED) is 0.601. The van der Waals surface area contributed by atoms with Crippen molar-refractivity contribution >= 4 is 15.2 Å². The Morgan fingerprint density at radius 1 is 1.27 bits per heavy atom. The van der Waals surface area contributed by atoms with Crippen LogP contribution in [0.3, 0.4) is 0 Å². The molecule has 0 saturated carbocycles. The van der Waals surface area contributed by atoms with Gasteiger partial charge in [0.2, 0.25) is 15.2 Å². The average Bonchev–Trinajstić information content (AvgIpc) is 2.03. The zero-order valence-corrected chi connectivity index (χ0v) is 8.40. The van der Waals surface area contributed by atoms with Crippen LogP contribution in [-0.2, 0) is 5.28 Å². The van der Waals surface area contributed by atoms with Gasteiger partial charge in [0, 0.05) is 1.43 Å². The Bertz CT molecular complexity index is 196. The van der Waals surface area contributed by atoms with Crippen molar-refractivity contribution in [2.45, 2.75) is 23.9 Å². The molecule has 0 heterocycles. The Kier molecular flexibility index (Phi) is 3.69. The van der Waals surface area contributed by atoms with E-state index in [4.69, 9.17) is 0 Å². The second kappa shape index (κ2) is 4.59. The van der Waals surface area contributed by atoms with Gasteiger partial charge in [-0.2, -0.15) is 0 Å². The minimum absolute atomic E-state index is 0. The standard InChI is InChI=1S/C7H7.C3H7.Al.H2/c1-7-5-3-2-4-6-7;1-3-2;;/h2-6H,1H2;3H,1-2H3;;1H. The van der Waals surface area contributed by atoms with Gasteiger partial charge in [0.1, 0.15) is 0 Å². The third-order valence-corrected chi connectivity index (χ3v) is 3.32. The Hall–Kier alpha value is -0.248. The van der Waals surface area contributed by atoms with Crippen molar-refractivity contribution in [1.82, 2.24) is 0 Å². The smallest absolute Gasteiger partial charge is 0.0982 e. The molecule has 1 rings (SSSR count). The third-order valence-electron chi connectivity index (χ3n) is 1.67. The molecule has 0 aromatic heterocycles. The van der Waals surface area contributed by atoms with Gasteiger partial charge in [-0.25, -0.2) is 0 Å². The minimum Gasteiger partial charge on any atom is -0.0982 e. The molecule has 1 radical (unpaired) electrons. The second-order valence-corrected chi connectivity index (χ2v) is 5.38. The van der Waals surface area contributed by atoms with E-state index in [1.54, 1.807) is 0 Å². The molecule has 1 heteroatoms. The molecule has 59 valence electrons. The fourth-order valence-corrected chi connectivity index (χ4v) is 2.00. The topological polar surface area (TPSA) is 0 Å². The normalized spacial score (nSPS) is 10.1. The molecule has 1 aromatic rings. The number of benzene rings is 1. The van der Waals surface area contributed by atoms with E-state index in [2.05, 4.69) is 44.2 Å². The molecule has 0 aliphatic heterocycles. The van der Waals surface area contributed by atoms with Crippen LogP contribution >= 0.6 is 0 Å². The maximum absolute atomic E-state index is 2.30. The molecule has 0 spiro atoms. The van der Waals surface area contributed by atoms with Crippen LogP contribution < -0.4 is 0 Å². The summed E-state index contributed by atoms with van der Waals surface area (Å²) in [6.07, 6.45) is 0. The highest BCUT2D eigenvalue weighted by molar-refractivity contribution is 6.36. The fourth-order valence-electron chi connectivity index (χ4n) is 0.986. The minimum atomic E-state index is 0. The molecule has 0 amide bonds. The van der Waals surface area contributed by atoms with Gasteiger partial charge >= 0.3 is 0 Å². The number of hydrogen-bond acceptors (Lipinski definition) is 0. The number of rotatable bonds is 3. The first-order valence-electron chi connectivity index (χ1n) is 4.16. The van der Waals surface area contributed by atoms with Crippen LogP contribution in [0.1, 0.15) is 20.8 Å². The van der Waals surface area contributed by atoms with Crippen LogP contribution in [0.25, 0.3) is 0 Å². The van der Waals surface area contributed by atoms with E-state index in [1.165, 1.54) is 10.8 Å². The lowest BCUT2D eigenvalue weighted by Crippen LogP contribution is -1.99. The SMILES string of the molecule is C[CH](C)[Al][CH2]c1ccccc1.[HH]. The molecule has 1 aromatic carbocycles. The summed E-state index contributed by atoms with van der Waals surface area (Å²) in [7, 11) is 0. The highest BCUT2D eigenvalue weighted by Crippen LogP contribution is 2.04. The lowest BCUT2D eigenvalue weighted by molar-refractivity contribution is 1.04. The summed E-state index contributed by atoms with van der Waals surface area (Å²) in [5.41, 5.74) is 1.50. The highest BCUT2D eigenvalue weighted by Gasteiger charge is 1.97. The van der Waals surface area contributed by atoms with Crippen molar-refractivity contribution in [3.8, 4) is 0 Å². The Morgan fingerprint density at radius 3 is 2.45 bits per heavy atom. The lowest BCUT2D eigenvalue weighted by atomic mass is 10.2.